The van der Waals surface area contributed by atoms with E-state index in [9.17, 15) is 14.4 Å². The predicted molar refractivity (Wildman–Crippen MR) is 130 cm³/mol. The van der Waals surface area contributed by atoms with Gasteiger partial charge in [0.25, 0.3) is 11.5 Å². The van der Waals surface area contributed by atoms with Crippen LogP contribution in [0.5, 0.6) is 5.75 Å². The van der Waals surface area contributed by atoms with Gasteiger partial charge in [0, 0.05) is 18.0 Å². The summed E-state index contributed by atoms with van der Waals surface area (Å²) >= 11 is 1.47. The summed E-state index contributed by atoms with van der Waals surface area (Å²) in [7, 11) is 1.75. The molecule has 0 spiro atoms. The van der Waals surface area contributed by atoms with Gasteiger partial charge in [-0.05, 0) is 37.3 Å². The highest BCUT2D eigenvalue weighted by molar-refractivity contribution is 7.07. The zero-order valence-electron chi connectivity index (χ0n) is 18.5. The highest BCUT2D eigenvalue weighted by atomic mass is 32.1. The van der Waals surface area contributed by atoms with E-state index in [-0.39, 0.29) is 30.3 Å². The maximum atomic E-state index is 13.1. The second-order valence-corrected chi connectivity index (χ2v) is 8.53. The normalized spacial score (nSPS) is 12.9. The van der Waals surface area contributed by atoms with Crippen LogP contribution < -0.4 is 20.5 Å². The van der Waals surface area contributed by atoms with E-state index in [0.29, 0.717) is 22.8 Å². The summed E-state index contributed by atoms with van der Waals surface area (Å²) in [6.45, 7) is 1.34. The number of fused-ring (bicyclic) bond motifs is 1. The number of hydrogen-bond acceptors (Lipinski definition) is 6. The lowest BCUT2D eigenvalue weighted by Crippen LogP contribution is -2.43. The Morgan fingerprint density at radius 3 is 2.71 bits per heavy atom. The summed E-state index contributed by atoms with van der Waals surface area (Å²) < 4.78 is 8.72. The second-order valence-electron chi connectivity index (χ2n) is 7.81. The molecule has 2 aromatic heterocycles. The van der Waals surface area contributed by atoms with Crippen LogP contribution in [0.25, 0.3) is 16.9 Å². The van der Waals surface area contributed by atoms with Crippen molar-refractivity contribution < 1.29 is 14.3 Å². The molecular formula is C24H21N5O4S. The molecule has 0 fully saturated rings. The molecule has 3 heterocycles. The van der Waals surface area contributed by atoms with E-state index in [1.54, 1.807) is 36.3 Å². The highest BCUT2D eigenvalue weighted by Gasteiger charge is 2.29. The number of nitrogens with one attached hydrogen (secondary N) is 1. The number of carbonyl (C=O) groups excluding carboxylic acids is 2. The zero-order valence-corrected chi connectivity index (χ0v) is 19.3. The molecule has 2 amide bonds. The van der Waals surface area contributed by atoms with Crippen molar-refractivity contribution in [1.29, 1.82) is 0 Å². The van der Waals surface area contributed by atoms with Crippen LogP contribution in [-0.2, 0) is 16.6 Å². The van der Waals surface area contributed by atoms with Crippen LogP contribution in [0.2, 0.25) is 0 Å². The van der Waals surface area contributed by atoms with Crippen molar-refractivity contribution in [3.05, 3.63) is 75.5 Å². The molecule has 5 rings (SSSR count). The van der Waals surface area contributed by atoms with Gasteiger partial charge in [0.1, 0.15) is 18.0 Å². The van der Waals surface area contributed by atoms with Crippen LogP contribution in [0.1, 0.15) is 5.69 Å². The molecule has 10 heteroatoms. The third-order valence-electron chi connectivity index (χ3n) is 5.75. The molecule has 1 aliphatic rings. The number of hydrogen-bond donors (Lipinski definition) is 1. The molecule has 34 heavy (non-hydrogen) atoms. The molecule has 0 bridgehead atoms. The second kappa shape index (κ2) is 8.64. The topological polar surface area (TPSA) is 98.5 Å². The molecular weight excluding hydrogens is 454 g/mol. The van der Waals surface area contributed by atoms with E-state index in [2.05, 4.69) is 10.3 Å². The standard InChI is InChI=1S/C24H21N5O4S/c1-15-23(24(32)29(27(15)2)17-6-4-3-5-7-17)26-21(30)11-28-19-10-16(18-13-34-14-25-18)8-9-20(19)33-12-22(28)31/h3-10,13-14H,11-12H2,1-2H3,(H,26,30). The van der Waals surface area contributed by atoms with Crippen LogP contribution in [0.15, 0.2) is 64.2 Å². The molecule has 0 saturated carbocycles. The molecule has 9 nitrogen and oxygen atoms in total. The quantitative estimate of drug-likeness (QED) is 0.479. The van der Waals surface area contributed by atoms with Crippen molar-refractivity contribution >= 4 is 34.5 Å². The van der Waals surface area contributed by atoms with Crippen molar-refractivity contribution in [2.45, 2.75) is 6.92 Å². The number of anilines is 2. The van der Waals surface area contributed by atoms with Gasteiger partial charge in [-0.3, -0.25) is 24.0 Å². The molecule has 0 radical (unpaired) electrons. The maximum absolute atomic E-state index is 13.1. The lowest BCUT2D eigenvalue weighted by Gasteiger charge is -2.29. The number of aromatic nitrogens is 3. The minimum absolute atomic E-state index is 0.165. The Kier molecular flexibility index (Phi) is 5.50. The molecule has 1 N–H and O–H groups in total. The van der Waals surface area contributed by atoms with Crippen molar-refractivity contribution in [2.75, 3.05) is 23.4 Å². The molecule has 0 unspecified atom stereocenters. The molecule has 0 saturated heterocycles. The number of carbonyl (C=O) groups is 2. The number of amides is 2. The molecule has 1 aliphatic heterocycles. The lowest BCUT2D eigenvalue weighted by molar-refractivity contribution is -0.123. The largest absolute Gasteiger partial charge is 0.482 e. The Hall–Kier alpha value is -4.18. The molecule has 0 aliphatic carbocycles. The van der Waals surface area contributed by atoms with E-state index in [1.807, 2.05) is 41.8 Å². The highest BCUT2D eigenvalue weighted by Crippen LogP contribution is 2.36. The predicted octanol–water partition coefficient (Wildman–Crippen LogP) is 2.97. The molecule has 0 atom stereocenters. The fraction of sp³-hybridized carbons (Fsp3) is 0.167. The number of benzene rings is 2. The Labute approximate surface area is 198 Å². The third kappa shape index (κ3) is 3.77. The van der Waals surface area contributed by atoms with Gasteiger partial charge in [0.15, 0.2) is 6.61 Å². The number of rotatable bonds is 5. The van der Waals surface area contributed by atoms with Crippen molar-refractivity contribution in [3.8, 4) is 22.7 Å². The van der Waals surface area contributed by atoms with Gasteiger partial charge >= 0.3 is 0 Å². The van der Waals surface area contributed by atoms with Gasteiger partial charge in [0.2, 0.25) is 5.91 Å². The Morgan fingerprint density at radius 1 is 1.18 bits per heavy atom. The van der Waals surface area contributed by atoms with E-state index < -0.39 is 5.91 Å². The lowest BCUT2D eigenvalue weighted by atomic mass is 10.1. The Balaban J connectivity index is 1.43. The summed E-state index contributed by atoms with van der Waals surface area (Å²) in [4.78, 5) is 44.4. The van der Waals surface area contributed by atoms with Gasteiger partial charge in [-0.15, -0.1) is 11.3 Å². The van der Waals surface area contributed by atoms with Crippen molar-refractivity contribution in [3.63, 3.8) is 0 Å². The first kappa shape index (κ1) is 21.7. The monoisotopic (exact) mass is 475 g/mol. The molecule has 172 valence electrons. The maximum Gasteiger partial charge on any atom is 0.295 e. The summed E-state index contributed by atoms with van der Waals surface area (Å²) in [6, 6.07) is 14.6. The Bertz CT molecular complexity index is 1440. The van der Waals surface area contributed by atoms with E-state index in [1.165, 1.54) is 20.9 Å². The smallest absolute Gasteiger partial charge is 0.295 e. The number of ether oxygens (including phenoxy) is 1. The summed E-state index contributed by atoms with van der Waals surface area (Å²) in [5.74, 6) is -0.315. The molecule has 2 aromatic carbocycles. The van der Waals surface area contributed by atoms with Gasteiger partial charge < -0.3 is 10.1 Å². The van der Waals surface area contributed by atoms with Crippen molar-refractivity contribution in [1.82, 2.24) is 14.3 Å². The summed E-state index contributed by atoms with van der Waals surface area (Å²) in [5.41, 5.74) is 4.92. The van der Waals surface area contributed by atoms with Crippen LogP contribution in [0.4, 0.5) is 11.4 Å². The first-order valence-electron chi connectivity index (χ1n) is 10.5. The fourth-order valence-corrected chi connectivity index (χ4v) is 4.49. The first-order chi connectivity index (χ1) is 16.4. The van der Waals surface area contributed by atoms with Crippen LogP contribution >= 0.6 is 11.3 Å². The van der Waals surface area contributed by atoms with Gasteiger partial charge in [-0.2, -0.15) is 0 Å². The van der Waals surface area contributed by atoms with Gasteiger partial charge in [-0.25, -0.2) is 9.67 Å². The van der Waals surface area contributed by atoms with E-state index >= 15 is 0 Å². The molecule has 4 aromatic rings. The van der Waals surface area contributed by atoms with Crippen LogP contribution in [0, 0.1) is 6.92 Å². The van der Waals surface area contributed by atoms with Crippen LogP contribution in [0.3, 0.4) is 0 Å². The van der Waals surface area contributed by atoms with Crippen molar-refractivity contribution in [2.24, 2.45) is 7.05 Å². The summed E-state index contributed by atoms with van der Waals surface area (Å²) in [5, 5.41) is 4.61. The zero-order chi connectivity index (χ0) is 23.8. The number of nitrogens with zero attached hydrogens (tertiary/aromatic N) is 4. The number of para-hydroxylation sites is 1. The van der Waals surface area contributed by atoms with Gasteiger partial charge in [-0.1, -0.05) is 18.2 Å². The number of thiazole rings is 1. The van der Waals surface area contributed by atoms with E-state index in [4.69, 9.17) is 4.74 Å². The van der Waals surface area contributed by atoms with Gasteiger partial charge in [0.05, 0.1) is 28.3 Å². The summed E-state index contributed by atoms with van der Waals surface area (Å²) in [6.07, 6.45) is 0. The van der Waals surface area contributed by atoms with E-state index in [0.717, 1.165) is 11.3 Å². The average Bonchev–Trinajstić information content (AvgIpc) is 3.45. The minimum atomic E-state index is -0.480. The first-order valence-corrected chi connectivity index (χ1v) is 11.5. The minimum Gasteiger partial charge on any atom is -0.482 e. The van der Waals surface area contributed by atoms with Crippen LogP contribution in [-0.4, -0.2) is 39.3 Å². The Morgan fingerprint density at radius 2 is 1.97 bits per heavy atom. The SMILES string of the molecule is Cc1c(NC(=O)CN2C(=O)COc3ccc(-c4cscn4)cc32)c(=O)n(-c2ccccc2)n1C. The average molecular weight is 476 g/mol. The third-order valence-corrected chi connectivity index (χ3v) is 6.34. The fourth-order valence-electron chi connectivity index (χ4n) is 3.92.